The van der Waals surface area contributed by atoms with Crippen LogP contribution in [-0.2, 0) is 19.1 Å². The van der Waals surface area contributed by atoms with Gasteiger partial charge < -0.3 is 14.6 Å². The predicted octanol–water partition coefficient (Wildman–Crippen LogP) is 8.69. The fraction of sp³-hybridized carbons (Fsp3) is 0.935. The van der Waals surface area contributed by atoms with Crippen molar-refractivity contribution < 1.29 is 24.2 Å². The second-order valence-corrected chi connectivity index (χ2v) is 11.0. The van der Waals surface area contributed by atoms with Crippen LogP contribution in [-0.4, -0.2) is 36.4 Å². The topological polar surface area (TPSA) is 72.8 Å². The summed E-state index contributed by atoms with van der Waals surface area (Å²) in [6.07, 6.45) is 24.4. The maximum absolute atomic E-state index is 12.0. The fourth-order valence-corrected chi connectivity index (χ4v) is 4.44. The molecular formula is C31H60O5. The van der Waals surface area contributed by atoms with E-state index in [0.29, 0.717) is 12.8 Å². The zero-order valence-corrected chi connectivity index (χ0v) is 24.2. The molecule has 0 unspecified atom stereocenters. The average molecular weight is 513 g/mol. The highest BCUT2D eigenvalue weighted by atomic mass is 16.6. The van der Waals surface area contributed by atoms with Gasteiger partial charge in [0.2, 0.25) is 0 Å². The van der Waals surface area contributed by atoms with Gasteiger partial charge >= 0.3 is 11.9 Å². The minimum absolute atomic E-state index is 0.0596. The van der Waals surface area contributed by atoms with Crippen molar-refractivity contribution in [3.05, 3.63) is 0 Å². The van der Waals surface area contributed by atoms with E-state index in [9.17, 15) is 14.7 Å². The van der Waals surface area contributed by atoms with Crippen molar-refractivity contribution in [2.45, 2.75) is 168 Å². The number of carbonyl (C=O) groups excluding carboxylic acids is 2. The Balaban J connectivity index is 3.57. The first-order valence-corrected chi connectivity index (χ1v) is 15.5. The molecule has 0 amide bonds. The molecule has 0 radical (unpaired) electrons. The molecule has 0 spiro atoms. The molecule has 5 nitrogen and oxygen atoms in total. The Morgan fingerprint density at radius 2 is 1.03 bits per heavy atom. The number of esters is 2. The molecule has 0 aliphatic heterocycles. The Kier molecular flexibility index (Phi) is 26.1. The normalized spacial score (nSPS) is 12.1. The third-order valence-corrected chi connectivity index (χ3v) is 6.83. The molecule has 0 rings (SSSR count). The van der Waals surface area contributed by atoms with Gasteiger partial charge in [-0.1, -0.05) is 136 Å². The van der Waals surface area contributed by atoms with E-state index in [1.54, 1.807) is 0 Å². The van der Waals surface area contributed by atoms with Gasteiger partial charge in [0.15, 0.2) is 6.10 Å². The summed E-state index contributed by atoms with van der Waals surface area (Å²) in [6, 6.07) is 0. The Bertz CT molecular complexity index is 491. The number of aliphatic hydroxyl groups excluding tert-OH is 1. The van der Waals surface area contributed by atoms with Crippen LogP contribution < -0.4 is 0 Å². The van der Waals surface area contributed by atoms with Gasteiger partial charge in [-0.05, 0) is 18.8 Å². The van der Waals surface area contributed by atoms with Gasteiger partial charge in [0, 0.05) is 12.8 Å². The van der Waals surface area contributed by atoms with E-state index < -0.39 is 6.10 Å². The molecule has 0 saturated heterocycles. The molecule has 0 heterocycles. The number of ether oxygens (including phenoxy) is 2. The first-order valence-electron chi connectivity index (χ1n) is 15.5. The second-order valence-electron chi connectivity index (χ2n) is 11.0. The molecule has 36 heavy (non-hydrogen) atoms. The molecule has 0 aliphatic rings. The van der Waals surface area contributed by atoms with Crippen LogP contribution in [0.5, 0.6) is 0 Å². The first-order chi connectivity index (χ1) is 17.5. The zero-order chi connectivity index (χ0) is 26.7. The monoisotopic (exact) mass is 512 g/mol. The molecule has 0 aromatic heterocycles. The van der Waals surface area contributed by atoms with E-state index in [0.717, 1.165) is 44.4 Å². The number of hydrogen-bond donors (Lipinski definition) is 1. The number of carbonyl (C=O) groups is 2. The van der Waals surface area contributed by atoms with Crippen molar-refractivity contribution in [2.24, 2.45) is 5.92 Å². The molecule has 1 N–H and O–H groups in total. The van der Waals surface area contributed by atoms with Crippen molar-refractivity contribution in [1.82, 2.24) is 0 Å². The molecule has 0 aliphatic carbocycles. The van der Waals surface area contributed by atoms with Crippen LogP contribution in [0.25, 0.3) is 0 Å². The standard InChI is InChI=1S/C31H60O5/c1-4-5-6-7-8-11-15-18-21-24-30(33)35-27-29(26-32)36-31(34)25-22-19-16-13-10-9-12-14-17-20-23-28(2)3/h28-29,32H,4-27H2,1-3H3/t29-/m0/s1. The number of unbranched alkanes of at least 4 members (excludes halogenated alkanes) is 17. The molecular weight excluding hydrogens is 452 g/mol. The van der Waals surface area contributed by atoms with Gasteiger partial charge in [0.25, 0.3) is 0 Å². The van der Waals surface area contributed by atoms with Gasteiger partial charge in [-0.25, -0.2) is 0 Å². The molecule has 0 saturated carbocycles. The lowest BCUT2D eigenvalue weighted by Crippen LogP contribution is -2.28. The Labute approximate surface area is 223 Å². The summed E-state index contributed by atoms with van der Waals surface area (Å²) in [4.78, 5) is 24.0. The average Bonchev–Trinajstić information content (AvgIpc) is 2.85. The summed E-state index contributed by atoms with van der Waals surface area (Å²) in [6.45, 7) is 6.43. The molecule has 0 fully saturated rings. The Hall–Kier alpha value is -1.10. The first kappa shape index (κ1) is 34.9. The molecule has 1 atom stereocenters. The maximum atomic E-state index is 12.0. The van der Waals surface area contributed by atoms with Crippen molar-refractivity contribution in [2.75, 3.05) is 13.2 Å². The van der Waals surface area contributed by atoms with Gasteiger partial charge in [0.05, 0.1) is 6.61 Å². The van der Waals surface area contributed by atoms with Crippen LogP contribution in [0, 0.1) is 5.92 Å². The largest absolute Gasteiger partial charge is 0.462 e. The van der Waals surface area contributed by atoms with Gasteiger partial charge in [-0.15, -0.1) is 0 Å². The van der Waals surface area contributed by atoms with Crippen LogP contribution in [0.1, 0.15) is 162 Å². The van der Waals surface area contributed by atoms with Gasteiger partial charge in [0.1, 0.15) is 6.61 Å². The summed E-state index contributed by atoms with van der Waals surface area (Å²) >= 11 is 0. The van der Waals surface area contributed by atoms with Crippen LogP contribution >= 0.6 is 0 Å². The number of aliphatic hydroxyl groups is 1. The van der Waals surface area contributed by atoms with Gasteiger partial charge in [-0.2, -0.15) is 0 Å². The van der Waals surface area contributed by atoms with Crippen molar-refractivity contribution in [3.63, 3.8) is 0 Å². The fourth-order valence-electron chi connectivity index (χ4n) is 4.44. The van der Waals surface area contributed by atoms with Crippen molar-refractivity contribution in [1.29, 1.82) is 0 Å². The molecule has 0 aromatic carbocycles. The molecule has 214 valence electrons. The van der Waals surface area contributed by atoms with Crippen LogP contribution in [0.15, 0.2) is 0 Å². The summed E-state index contributed by atoms with van der Waals surface area (Å²) < 4.78 is 10.5. The van der Waals surface area contributed by atoms with E-state index >= 15 is 0 Å². The highest BCUT2D eigenvalue weighted by molar-refractivity contribution is 5.70. The second kappa shape index (κ2) is 26.9. The highest BCUT2D eigenvalue weighted by Crippen LogP contribution is 2.14. The summed E-state index contributed by atoms with van der Waals surface area (Å²) in [7, 11) is 0. The van der Waals surface area contributed by atoms with E-state index in [1.807, 2.05) is 0 Å². The third kappa shape index (κ3) is 26.0. The summed E-state index contributed by atoms with van der Waals surface area (Å²) in [5, 5.41) is 9.45. The minimum atomic E-state index is -0.759. The van der Waals surface area contributed by atoms with E-state index in [2.05, 4.69) is 20.8 Å². The van der Waals surface area contributed by atoms with Gasteiger partial charge in [-0.3, -0.25) is 9.59 Å². The predicted molar refractivity (Wildman–Crippen MR) is 150 cm³/mol. The Morgan fingerprint density at radius 3 is 1.47 bits per heavy atom. The summed E-state index contributed by atoms with van der Waals surface area (Å²) in [5.41, 5.74) is 0. The smallest absolute Gasteiger partial charge is 0.306 e. The SMILES string of the molecule is CCCCCCCCCCCC(=O)OC[C@H](CO)OC(=O)CCCCCCCCCCCCC(C)C. The van der Waals surface area contributed by atoms with E-state index in [1.165, 1.54) is 89.9 Å². The lowest BCUT2D eigenvalue weighted by Gasteiger charge is -2.15. The number of hydrogen-bond acceptors (Lipinski definition) is 5. The minimum Gasteiger partial charge on any atom is -0.462 e. The zero-order valence-electron chi connectivity index (χ0n) is 24.2. The maximum Gasteiger partial charge on any atom is 0.306 e. The summed E-state index contributed by atoms with van der Waals surface area (Å²) in [5.74, 6) is 0.238. The quantitative estimate of drug-likeness (QED) is 0.0880. The third-order valence-electron chi connectivity index (χ3n) is 6.83. The van der Waals surface area contributed by atoms with E-state index in [-0.39, 0.29) is 25.2 Å². The van der Waals surface area contributed by atoms with Crippen LogP contribution in [0.3, 0.4) is 0 Å². The Morgan fingerprint density at radius 1 is 0.611 bits per heavy atom. The lowest BCUT2D eigenvalue weighted by atomic mass is 10.0. The van der Waals surface area contributed by atoms with Crippen LogP contribution in [0.4, 0.5) is 0 Å². The van der Waals surface area contributed by atoms with Crippen molar-refractivity contribution in [3.8, 4) is 0 Å². The highest BCUT2D eigenvalue weighted by Gasteiger charge is 2.16. The lowest BCUT2D eigenvalue weighted by molar-refractivity contribution is -0.161. The molecule has 0 aromatic rings. The number of rotatable bonds is 27. The molecule has 0 bridgehead atoms. The van der Waals surface area contributed by atoms with E-state index in [4.69, 9.17) is 9.47 Å². The van der Waals surface area contributed by atoms with Crippen LogP contribution in [0.2, 0.25) is 0 Å². The molecule has 5 heteroatoms. The van der Waals surface area contributed by atoms with Crippen molar-refractivity contribution >= 4 is 11.9 Å².